The van der Waals surface area contributed by atoms with Crippen LogP contribution in [-0.2, 0) is 0 Å². The number of hydrogen-bond donors (Lipinski definition) is 1. The Morgan fingerprint density at radius 2 is 2.05 bits per heavy atom. The smallest absolute Gasteiger partial charge is 0.178 e. The number of carbonyl (C=O) groups is 1. The van der Waals surface area contributed by atoms with Crippen molar-refractivity contribution in [2.24, 2.45) is 17.8 Å². The summed E-state index contributed by atoms with van der Waals surface area (Å²) >= 11 is 1.61. The molecular formula is C17H26N2OS. The van der Waals surface area contributed by atoms with Crippen LogP contribution < -0.4 is 10.6 Å². The monoisotopic (exact) mass is 306 g/mol. The molecule has 1 atom stereocenters. The number of rotatable bonds is 4. The van der Waals surface area contributed by atoms with E-state index in [4.69, 9.17) is 5.73 Å². The Morgan fingerprint density at radius 3 is 2.71 bits per heavy atom. The Labute approximate surface area is 131 Å². The molecule has 1 aliphatic heterocycles. The van der Waals surface area contributed by atoms with Crippen LogP contribution in [0.25, 0.3) is 0 Å². The number of anilines is 2. The molecule has 2 fully saturated rings. The molecule has 1 aromatic heterocycles. The summed E-state index contributed by atoms with van der Waals surface area (Å²) in [7, 11) is 0. The molecule has 1 saturated carbocycles. The molecule has 0 spiro atoms. The molecule has 2 N–H and O–H groups in total. The van der Waals surface area contributed by atoms with Gasteiger partial charge in [-0.15, -0.1) is 11.3 Å². The molecule has 0 radical (unpaired) electrons. The molecule has 1 unspecified atom stereocenters. The van der Waals surface area contributed by atoms with E-state index >= 15 is 0 Å². The highest BCUT2D eigenvalue weighted by atomic mass is 32.1. The molecule has 2 heterocycles. The zero-order valence-corrected chi connectivity index (χ0v) is 13.9. The lowest BCUT2D eigenvalue weighted by Crippen LogP contribution is -2.23. The van der Waals surface area contributed by atoms with Crippen molar-refractivity contribution >= 4 is 27.8 Å². The number of Topliss-reactive ketones (excluding diaryl/α,β-unsaturated/α-hetero) is 1. The van der Waals surface area contributed by atoms with Crippen molar-refractivity contribution in [1.29, 1.82) is 0 Å². The van der Waals surface area contributed by atoms with Crippen LogP contribution >= 0.6 is 11.3 Å². The quantitative estimate of drug-likeness (QED) is 0.849. The lowest BCUT2D eigenvalue weighted by molar-refractivity contribution is 0.0972. The van der Waals surface area contributed by atoms with Crippen molar-refractivity contribution in [2.75, 3.05) is 23.7 Å². The summed E-state index contributed by atoms with van der Waals surface area (Å²) in [6.45, 7) is 6.85. The summed E-state index contributed by atoms with van der Waals surface area (Å²) in [6.07, 6.45) is 5.91. The van der Waals surface area contributed by atoms with E-state index in [1.807, 2.05) is 6.07 Å². The Balaban J connectivity index is 1.71. The molecule has 0 amide bonds. The van der Waals surface area contributed by atoms with Crippen LogP contribution in [0.5, 0.6) is 0 Å². The van der Waals surface area contributed by atoms with E-state index in [9.17, 15) is 4.79 Å². The largest absolute Gasteiger partial charge is 0.397 e. The Hall–Kier alpha value is -1.03. The van der Waals surface area contributed by atoms with Crippen LogP contribution in [-0.4, -0.2) is 18.9 Å². The first-order valence-electron chi connectivity index (χ1n) is 8.24. The molecule has 0 aromatic carbocycles. The molecule has 116 valence electrons. The maximum atomic E-state index is 12.2. The fourth-order valence-electron chi connectivity index (χ4n) is 3.28. The van der Waals surface area contributed by atoms with Crippen molar-refractivity contribution < 1.29 is 4.79 Å². The van der Waals surface area contributed by atoms with Gasteiger partial charge in [-0.3, -0.25) is 4.79 Å². The van der Waals surface area contributed by atoms with Gasteiger partial charge in [0.15, 0.2) is 5.78 Å². The fourth-order valence-corrected chi connectivity index (χ4v) is 4.43. The SMILES string of the molecule is CC(C)C1CCCN(c2cc(N)c(C(=O)C3CC3)s2)CC1. The number of nitrogens with two attached hydrogens (primary N) is 1. The number of nitrogen functional groups attached to an aromatic ring is 1. The molecule has 4 heteroatoms. The molecule has 3 rings (SSSR count). The predicted octanol–water partition coefficient (Wildman–Crippen LogP) is 4.19. The van der Waals surface area contributed by atoms with E-state index in [-0.39, 0.29) is 11.7 Å². The first-order chi connectivity index (χ1) is 10.1. The van der Waals surface area contributed by atoms with Crippen LogP contribution in [0.3, 0.4) is 0 Å². The first-order valence-corrected chi connectivity index (χ1v) is 9.06. The van der Waals surface area contributed by atoms with Gasteiger partial charge in [-0.2, -0.15) is 0 Å². The number of ketones is 1. The number of hydrogen-bond acceptors (Lipinski definition) is 4. The van der Waals surface area contributed by atoms with E-state index in [0.717, 1.165) is 42.6 Å². The highest BCUT2D eigenvalue weighted by Gasteiger charge is 2.33. The maximum Gasteiger partial charge on any atom is 0.178 e. The molecule has 1 aromatic rings. The van der Waals surface area contributed by atoms with E-state index in [1.54, 1.807) is 11.3 Å². The maximum absolute atomic E-state index is 12.2. The second kappa shape index (κ2) is 5.99. The number of thiophene rings is 1. The zero-order chi connectivity index (χ0) is 15.0. The van der Waals surface area contributed by atoms with Gasteiger partial charge in [0.1, 0.15) is 0 Å². The number of carbonyl (C=O) groups excluding carboxylic acids is 1. The van der Waals surface area contributed by atoms with Gasteiger partial charge in [0.05, 0.1) is 15.6 Å². The number of nitrogens with zero attached hydrogens (tertiary/aromatic N) is 1. The minimum atomic E-state index is 0.258. The second-order valence-electron chi connectivity index (χ2n) is 6.93. The summed E-state index contributed by atoms with van der Waals surface area (Å²) in [5, 5.41) is 1.20. The van der Waals surface area contributed by atoms with Gasteiger partial charge < -0.3 is 10.6 Å². The van der Waals surface area contributed by atoms with Gasteiger partial charge in [-0.1, -0.05) is 13.8 Å². The Bertz CT molecular complexity index is 519. The van der Waals surface area contributed by atoms with Gasteiger partial charge in [-0.25, -0.2) is 0 Å². The topological polar surface area (TPSA) is 46.3 Å². The van der Waals surface area contributed by atoms with Crippen molar-refractivity contribution in [1.82, 2.24) is 0 Å². The fraction of sp³-hybridized carbons (Fsp3) is 0.706. The van der Waals surface area contributed by atoms with Crippen LogP contribution in [0.15, 0.2) is 6.07 Å². The van der Waals surface area contributed by atoms with Crippen LogP contribution in [0.1, 0.15) is 55.6 Å². The standard InChI is InChI=1S/C17H26N2OS/c1-11(2)12-4-3-8-19(9-7-12)15-10-14(18)17(21-15)16(20)13-5-6-13/h10-13H,3-9,18H2,1-2H3. The molecule has 2 aliphatic rings. The lowest BCUT2D eigenvalue weighted by Gasteiger charge is -2.21. The summed E-state index contributed by atoms with van der Waals surface area (Å²) in [6, 6.07) is 2.02. The van der Waals surface area contributed by atoms with Gasteiger partial charge >= 0.3 is 0 Å². The summed E-state index contributed by atoms with van der Waals surface area (Å²) < 4.78 is 0. The van der Waals surface area contributed by atoms with E-state index in [1.165, 1.54) is 24.3 Å². The normalized spacial score (nSPS) is 23.4. The predicted molar refractivity (Wildman–Crippen MR) is 90.2 cm³/mol. The van der Waals surface area contributed by atoms with Gasteiger partial charge in [0, 0.05) is 19.0 Å². The summed E-state index contributed by atoms with van der Waals surface area (Å²) in [5.74, 6) is 2.14. The van der Waals surface area contributed by atoms with Gasteiger partial charge in [-0.05, 0) is 50.0 Å². The minimum Gasteiger partial charge on any atom is -0.397 e. The molecule has 3 nitrogen and oxygen atoms in total. The molecule has 1 aliphatic carbocycles. The van der Waals surface area contributed by atoms with Gasteiger partial charge in [0.25, 0.3) is 0 Å². The molecule has 21 heavy (non-hydrogen) atoms. The van der Waals surface area contributed by atoms with E-state index in [2.05, 4.69) is 18.7 Å². The van der Waals surface area contributed by atoms with E-state index < -0.39 is 0 Å². The molecule has 0 bridgehead atoms. The Morgan fingerprint density at radius 1 is 1.29 bits per heavy atom. The average Bonchev–Trinajstić information content (AvgIpc) is 3.24. The first kappa shape index (κ1) is 14.9. The Kier molecular flexibility index (Phi) is 4.25. The third kappa shape index (κ3) is 3.25. The van der Waals surface area contributed by atoms with Crippen molar-refractivity contribution in [3.8, 4) is 0 Å². The highest BCUT2D eigenvalue weighted by Crippen LogP contribution is 2.40. The van der Waals surface area contributed by atoms with Gasteiger partial charge in [0.2, 0.25) is 0 Å². The van der Waals surface area contributed by atoms with E-state index in [0.29, 0.717) is 5.69 Å². The second-order valence-corrected chi connectivity index (χ2v) is 7.96. The average molecular weight is 306 g/mol. The van der Waals surface area contributed by atoms with Crippen LogP contribution in [0.2, 0.25) is 0 Å². The lowest BCUT2D eigenvalue weighted by atomic mass is 9.89. The summed E-state index contributed by atoms with van der Waals surface area (Å²) in [4.78, 5) is 15.5. The molecule has 1 saturated heterocycles. The third-order valence-electron chi connectivity index (χ3n) is 4.95. The van der Waals surface area contributed by atoms with Crippen LogP contribution in [0, 0.1) is 17.8 Å². The highest BCUT2D eigenvalue weighted by molar-refractivity contribution is 7.18. The van der Waals surface area contributed by atoms with Crippen molar-refractivity contribution in [3.05, 3.63) is 10.9 Å². The summed E-state index contributed by atoms with van der Waals surface area (Å²) in [5.41, 5.74) is 6.78. The minimum absolute atomic E-state index is 0.258. The zero-order valence-electron chi connectivity index (χ0n) is 13.1. The van der Waals surface area contributed by atoms with Crippen LogP contribution in [0.4, 0.5) is 10.7 Å². The molecular weight excluding hydrogens is 280 g/mol. The van der Waals surface area contributed by atoms with Crippen molar-refractivity contribution in [3.63, 3.8) is 0 Å². The van der Waals surface area contributed by atoms with Crippen molar-refractivity contribution in [2.45, 2.75) is 46.0 Å². The third-order valence-corrected chi connectivity index (χ3v) is 6.17.